The molecule has 2 aromatic carbocycles. The molecule has 32 heavy (non-hydrogen) atoms. The van der Waals surface area contributed by atoms with E-state index in [0.717, 1.165) is 12.6 Å². The van der Waals surface area contributed by atoms with Crippen molar-refractivity contribution in [3.05, 3.63) is 93.4 Å². The Morgan fingerprint density at radius 3 is 2.50 bits per heavy atom. The van der Waals surface area contributed by atoms with Gasteiger partial charge in [0.1, 0.15) is 11.6 Å². The maximum Gasteiger partial charge on any atom is 0.276 e. The molecule has 3 heterocycles. The van der Waals surface area contributed by atoms with Crippen LogP contribution in [0.4, 0.5) is 8.78 Å². The smallest absolute Gasteiger partial charge is 0.276 e. The number of carbonyl (C=O) groups is 1. The van der Waals surface area contributed by atoms with Gasteiger partial charge in [-0.05, 0) is 55.2 Å². The predicted octanol–water partition coefficient (Wildman–Crippen LogP) is 3.61. The van der Waals surface area contributed by atoms with Crippen LogP contribution in [0.5, 0.6) is 5.75 Å². The first kappa shape index (κ1) is 20.4. The molecule has 1 saturated heterocycles. The number of hydrogen-bond acceptors (Lipinski definition) is 4. The summed E-state index contributed by atoms with van der Waals surface area (Å²) in [6, 6.07) is 11.1. The zero-order valence-electron chi connectivity index (χ0n) is 17.3. The molecule has 0 radical (unpaired) electrons. The van der Waals surface area contributed by atoms with Crippen molar-refractivity contribution in [2.75, 3.05) is 0 Å². The summed E-state index contributed by atoms with van der Waals surface area (Å²) in [4.78, 5) is 27.1. The zero-order chi connectivity index (χ0) is 22.6. The van der Waals surface area contributed by atoms with Crippen LogP contribution in [0.15, 0.2) is 59.5 Å². The second kappa shape index (κ2) is 7.55. The van der Waals surface area contributed by atoms with Crippen molar-refractivity contribution in [3.8, 4) is 5.75 Å². The molecular formula is C24H21F2N3O3. The molecule has 0 spiro atoms. The molecule has 5 rings (SSSR count). The van der Waals surface area contributed by atoms with Gasteiger partial charge < -0.3 is 10.0 Å². The molecule has 1 N–H and O–H groups in total. The Labute approximate surface area is 182 Å². The first-order chi connectivity index (χ1) is 15.4. The average Bonchev–Trinajstić information content (AvgIpc) is 3.16. The van der Waals surface area contributed by atoms with Gasteiger partial charge in [0, 0.05) is 12.0 Å². The van der Waals surface area contributed by atoms with E-state index in [0.29, 0.717) is 17.5 Å². The van der Waals surface area contributed by atoms with Crippen molar-refractivity contribution in [3.63, 3.8) is 0 Å². The molecule has 1 fully saturated rings. The highest BCUT2D eigenvalue weighted by atomic mass is 19.1. The van der Waals surface area contributed by atoms with Gasteiger partial charge in [-0.25, -0.2) is 8.78 Å². The fraction of sp³-hybridized carbons (Fsp3) is 0.292. The number of halogens is 2. The number of benzene rings is 2. The Bertz CT molecular complexity index is 1260. The summed E-state index contributed by atoms with van der Waals surface area (Å²) in [7, 11) is 0. The van der Waals surface area contributed by atoms with E-state index in [1.807, 2.05) is 6.92 Å². The Morgan fingerprint density at radius 2 is 1.78 bits per heavy atom. The van der Waals surface area contributed by atoms with Gasteiger partial charge in [-0.2, -0.15) is 5.10 Å². The van der Waals surface area contributed by atoms with Gasteiger partial charge in [-0.15, -0.1) is 0 Å². The normalized spacial score (nSPS) is 23.0. The third-order valence-electron chi connectivity index (χ3n) is 6.59. The molecule has 8 heteroatoms. The number of amides is 1. The lowest BCUT2D eigenvalue weighted by Gasteiger charge is -2.43. The molecule has 1 aromatic heterocycles. The van der Waals surface area contributed by atoms with E-state index in [1.165, 1.54) is 28.9 Å². The molecule has 1 unspecified atom stereocenters. The Hall–Kier alpha value is -3.55. The minimum absolute atomic E-state index is 0.0974. The molecule has 0 saturated carbocycles. The lowest BCUT2D eigenvalue weighted by Crippen LogP contribution is -2.52. The van der Waals surface area contributed by atoms with Crippen LogP contribution in [0.25, 0.3) is 0 Å². The molecule has 2 aliphatic heterocycles. The van der Waals surface area contributed by atoms with Gasteiger partial charge in [-0.1, -0.05) is 24.3 Å². The highest BCUT2D eigenvalue weighted by Crippen LogP contribution is 2.47. The largest absolute Gasteiger partial charge is 0.502 e. The molecule has 3 aromatic rings. The van der Waals surface area contributed by atoms with E-state index < -0.39 is 40.7 Å². The van der Waals surface area contributed by atoms with E-state index >= 15 is 0 Å². The molecule has 2 aliphatic rings. The first-order valence-electron chi connectivity index (χ1n) is 10.5. The van der Waals surface area contributed by atoms with Crippen LogP contribution in [-0.2, 0) is 0 Å². The Morgan fingerprint density at radius 1 is 1.03 bits per heavy atom. The number of carbonyl (C=O) groups excluding carboxylic acids is 1. The molecular weight excluding hydrogens is 416 g/mol. The van der Waals surface area contributed by atoms with Gasteiger partial charge in [0.25, 0.3) is 5.91 Å². The topological polar surface area (TPSA) is 75.4 Å². The highest BCUT2D eigenvalue weighted by molar-refractivity contribution is 5.96. The van der Waals surface area contributed by atoms with E-state index in [1.54, 1.807) is 29.2 Å². The van der Waals surface area contributed by atoms with Crippen LogP contribution >= 0.6 is 0 Å². The third-order valence-corrected chi connectivity index (χ3v) is 6.59. The van der Waals surface area contributed by atoms with Crippen molar-refractivity contribution in [2.45, 2.75) is 43.8 Å². The lowest BCUT2D eigenvalue weighted by molar-refractivity contribution is 0.0491. The quantitative estimate of drug-likeness (QED) is 0.679. The summed E-state index contributed by atoms with van der Waals surface area (Å²) >= 11 is 0. The van der Waals surface area contributed by atoms with Crippen molar-refractivity contribution in [2.24, 2.45) is 0 Å². The van der Waals surface area contributed by atoms with Crippen LogP contribution in [0.3, 0.4) is 0 Å². The van der Waals surface area contributed by atoms with Crippen LogP contribution in [0, 0.1) is 11.6 Å². The Kier molecular flexibility index (Phi) is 4.80. The fourth-order valence-corrected chi connectivity index (χ4v) is 5.19. The molecule has 4 atom stereocenters. The zero-order valence-corrected chi connectivity index (χ0v) is 17.3. The van der Waals surface area contributed by atoms with Crippen molar-refractivity contribution >= 4 is 5.91 Å². The number of aromatic nitrogens is 2. The van der Waals surface area contributed by atoms with Gasteiger partial charge in [-0.3, -0.25) is 14.3 Å². The van der Waals surface area contributed by atoms with Crippen molar-refractivity contribution in [1.29, 1.82) is 0 Å². The summed E-state index contributed by atoms with van der Waals surface area (Å²) in [6.07, 6.45) is 2.41. The fourth-order valence-electron chi connectivity index (χ4n) is 5.19. The summed E-state index contributed by atoms with van der Waals surface area (Å²) in [5.41, 5.74) is 0.428. The van der Waals surface area contributed by atoms with Crippen molar-refractivity contribution in [1.82, 2.24) is 14.7 Å². The average molecular weight is 437 g/mol. The van der Waals surface area contributed by atoms with Gasteiger partial charge in [0.2, 0.25) is 5.43 Å². The van der Waals surface area contributed by atoms with Crippen LogP contribution < -0.4 is 5.43 Å². The SMILES string of the molecule is C[C@@H]1CC[C@@H]2[C@@H](C(c3ccc(F)cc3)c3cccc(F)c3)n3ncc(=O)c(O)c3C(=O)N12. The third kappa shape index (κ3) is 3.09. The molecule has 0 aliphatic carbocycles. The van der Waals surface area contributed by atoms with E-state index in [9.17, 15) is 23.5 Å². The minimum atomic E-state index is -0.738. The minimum Gasteiger partial charge on any atom is -0.502 e. The number of fused-ring (bicyclic) bond motifs is 2. The second-order valence-corrected chi connectivity index (χ2v) is 8.43. The van der Waals surface area contributed by atoms with E-state index in [4.69, 9.17) is 0 Å². The molecule has 1 amide bonds. The monoisotopic (exact) mass is 437 g/mol. The van der Waals surface area contributed by atoms with E-state index in [-0.39, 0.29) is 17.8 Å². The number of hydrogen-bond donors (Lipinski definition) is 1. The molecule has 6 nitrogen and oxygen atoms in total. The highest BCUT2D eigenvalue weighted by Gasteiger charge is 2.50. The molecule has 0 bridgehead atoms. The van der Waals surface area contributed by atoms with Crippen LogP contribution in [-0.4, -0.2) is 37.8 Å². The van der Waals surface area contributed by atoms with Crippen LogP contribution in [0.2, 0.25) is 0 Å². The Balaban J connectivity index is 1.79. The summed E-state index contributed by atoms with van der Waals surface area (Å²) in [5, 5.41) is 14.7. The molecule has 164 valence electrons. The summed E-state index contributed by atoms with van der Waals surface area (Å²) in [5.74, 6) is -2.43. The summed E-state index contributed by atoms with van der Waals surface area (Å²) < 4.78 is 29.4. The number of rotatable bonds is 3. The van der Waals surface area contributed by atoms with Gasteiger partial charge in [0.15, 0.2) is 11.4 Å². The lowest BCUT2D eigenvalue weighted by atomic mass is 9.80. The van der Waals surface area contributed by atoms with Gasteiger partial charge in [0.05, 0.1) is 18.3 Å². The van der Waals surface area contributed by atoms with E-state index in [2.05, 4.69) is 5.10 Å². The van der Waals surface area contributed by atoms with Gasteiger partial charge >= 0.3 is 0 Å². The van der Waals surface area contributed by atoms with Crippen molar-refractivity contribution < 1.29 is 18.7 Å². The maximum atomic E-state index is 14.3. The maximum absolute atomic E-state index is 14.3. The predicted molar refractivity (Wildman–Crippen MR) is 112 cm³/mol. The standard InChI is InChI=1S/C24H21F2N3O3/c1-13-5-10-18-21(29-22(24(32)28(13)18)23(31)19(30)12-27-29)20(14-6-8-16(25)9-7-14)15-3-2-4-17(26)11-15/h2-4,6-9,11-13,18,20-21,31H,5,10H2,1H3/t13-,18-,20?,21+/m1/s1. The second-order valence-electron chi connectivity index (χ2n) is 8.43. The van der Waals surface area contributed by atoms with Crippen LogP contribution in [0.1, 0.15) is 53.3 Å². The summed E-state index contributed by atoms with van der Waals surface area (Å²) in [6.45, 7) is 1.92. The number of aromatic hydroxyl groups is 1. The first-order valence-corrected chi connectivity index (χ1v) is 10.5. The number of nitrogens with zero attached hydrogens (tertiary/aromatic N) is 3.